The number of ether oxygens (including phenoxy) is 2. The second-order valence-corrected chi connectivity index (χ2v) is 7.31. The van der Waals surface area contributed by atoms with Gasteiger partial charge in [0.1, 0.15) is 41.5 Å². The number of phenolic OH excluding ortho intramolecular Hbond substituents is 3. The normalized spacial score (nSPS) is 25.7. The lowest BCUT2D eigenvalue weighted by atomic mass is 9.99. The minimum Gasteiger partial charge on any atom is -0.508 e. The summed E-state index contributed by atoms with van der Waals surface area (Å²) in [6.07, 6.45) is -7.80. The van der Waals surface area contributed by atoms with Gasteiger partial charge in [-0.3, -0.25) is 0 Å². The summed E-state index contributed by atoms with van der Waals surface area (Å²) in [4.78, 5) is 12.1. The highest BCUT2D eigenvalue weighted by atomic mass is 16.7. The van der Waals surface area contributed by atoms with Gasteiger partial charge in [-0.25, -0.2) is 4.79 Å². The maximum Gasteiger partial charge on any atom is 0.336 e. The Bertz CT molecular complexity index is 1200. The molecule has 32 heavy (non-hydrogen) atoms. The van der Waals surface area contributed by atoms with E-state index in [0.29, 0.717) is 5.56 Å². The fourth-order valence-electron chi connectivity index (χ4n) is 3.55. The maximum atomic E-state index is 12.1. The number of hydrogen-bond acceptors (Lipinski definition) is 11. The number of aliphatic hydroxyl groups is 4. The van der Waals surface area contributed by atoms with Gasteiger partial charge in [0.25, 0.3) is 0 Å². The SMILES string of the molecule is O=c1cc(-c2ccc(O)c(O)c2)c2c(O[C@H]3O[C@H](CO)[C@@H](O)[C@H](O)[C@H]3O)cc(O)cc2o1. The molecule has 1 saturated heterocycles. The van der Waals surface area contributed by atoms with Crippen molar-refractivity contribution in [3.63, 3.8) is 0 Å². The number of benzene rings is 2. The highest BCUT2D eigenvalue weighted by Crippen LogP contribution is 2.40. The van der Waals surface area contributed by atoms with Crippen molar-refractivity contribution in [2.45, 2.75) is 30.7 Å². The van der Waals surface area contributed by atoms with E-state index in [1.807, 2.05) is 0 Å². The molecule has 1 aromatic heterocycles. The van der Waals surface area contributed by atoms with Crippen LogP contribution in [0.25, 0.3) is 22.1 Å². The van der Waals surface area contributed by atoms with Gasteiger partial charge in [-0.1, -0.05) is 6.07 Å². The molecule has 7 N–H and O–H groups in total. The summed E-state index contributed by atoms with van der Waals surface area (Å²) in [7, 11) is 0. The van der Waals surface area contributed by atoms with Crippen molar-refractivity contribution in [3.05, 3.63) is 46.8 Å². The second kappa shape index (κ2) is 8.30. The lowest BCUT2D eigenvalue weighted by Crippen LogP contribution is -2.60. The standard InChI is InChI=1S/C21H20O11/c22-7-15-18(27)19(28)20(29)21(32-15)31-14-5-9(23)4-13-17(14)10(6-16(26)30-13)8-1-2-11(24)12(25)3-8/h1-6,15,18-25,27-29H,7H2/t15-,18-,19+,20-,21+/m1/s1. The second-order valence-electron chi connectivity index (χ2n) is 7.31. The Kier molecular flexibility index (Phi) is 5.67. The van der Waals surface area contributed by atoms with Gasteiger partial charge in [0.15, 0.2) is 11.5 Å². The summed E-state index contributed by atoms with van der Waals surface area (Å²) in [5.41, 5.74) is -0.377. The van der Waals surface area contributed by atoms with Gasteiger partial charge in [0.05, 0.1) is 12.0 Å². The molecular formula is C21H20O11. The molecule has 0 radical (unpaired) electrons. The maximum absolute atomic E-state index is 12.1. The topological polar surface area (TPSA) is 190 Å². The molecule has 1 aliphatic heterocycles. The Labute approximate surface area is 179 Å². The Morgan fingerprint density at radius 1 is 0.906 bits per heavy atom. The van der Waals surface area contributed by atoms with Gasteiger partial charge in [0.2, 0.25) is 6.29 Å². The van der Waals surface area contributed by atoms with Gasteiger partial charge in [0, 0.05) is 23.8 Å². The predicted octanol–water partition coefficient (Wildman–Crippen LogP) is -0.245. The molecule has 2 aromatic carbocycles. The molecule has 4 rings (SSSR count). The molecule has 5 atom stereocenters. The molecule has 11 nitrogen and oxygen atoms in total. The number of hydrogen-bond donors (Lipinski definition) is 7. The van der Waals surface area contributed by atoms with Crippen LogP contribution in [0, 0.1) is 0 Å². The first-order chi connectivity index (χ1) is 15.2. The van der Waals surface area contributed by atoms with E-state index in [1.165, 1.54) is 18.2 Å². The zero-order valence-electron chi connectivity index (χ0n) is 16.3. The summed E-state index contributed by atoms with van der Waals surface area (Å²) in [6, 6.07) is 7.24. The third-order valence-corrected chi connectivity index (χ3v) is 5.17. The first-order valence-electron chi connectivity index (χ1n) is 9.50. The molecule has 3 aromatic rings. The van der Waals surface area contributed by atoms with Gasteiger partial charge in [-0.2, -0.15) is 0 Å². The zero-order valence-corrected chi connectivity index (χ0v) is 16.3. The van der Waals surface area contributed by atoms with Crippen molar-refractivity contribution < 1.29 is 49.6 Å². The number of aromatic hydroxyl groups is 3. The molecule has 0 bridgehead atoms. The van der Waals surface area contributed by atoms with E-state index in [1.54, 1.807) is 0 Å². The van der Waals surface area contributed by atoms with Crippen LogP contribution < -0.4 is 10.4 Å². The molecule has 0 amide bonds. The third-order valence-electron chi connectivity index (χ3n) is 5.17. The highest BCUT2D eigenvalue weighted by molar-refractivity contribution is 5.98. The smallest absolute Gasteiger partial charge is 0.336 e. The largest absolute Gasteiger partial charge is 0.508 e. The molecule has 0 spiro atoms. The van der Waals surface area contributed by atoms with Gasteiger partial charge in [-0.15, -0.1) is 0 Å². The van der Waals surface area contributed by atoms with E-state index >= 15 is 0 Å². The van der Waals surface area contributed by atoms with E-state index < -0.39 is 48.7 Å². The summed E-state index contributed by atoms with van der Waals surface area (Å²) in [5.74, 6) is -1.31. The molecule has 2 heterocycles. The van der Waals surface area contributed by atoms with Crippen LogP contribution in [-0.2, 0) is 4.74 Å². The molecule has 0 aliphatic carbocycles. The Morgan fingerprint density at radius 2 is 1.66 bits per heavy atom. The van der Waals surface area contributed by atoms with Crippen molar-refractivity contribution in [1.82, 2.24) is 0 Å². The summed E-state index contributed by atoms with van der Waals surface area (Å²) in [5, 5.41) is 69.3. The van der Waals surface area contributed by atoms with E-state index in [-0.39, 0.29) is 33.8 Å². The van der Waals surface area contributed by atoms with Crippen LogP contribution >= 0.6 is 0 Å². The van der Waals surface area contributed by atoms with Gasteiger partial charge >= 0.3 is 5.63 Å². The third kappa shape index (κ3) is 3.83. The lowest BCUT2D eigenvalue weighted by Gasteiger charge is -2.39. The summed E-state index contributed by atoms with van der Waals surface area (Å²) < 4.78 is 16.2. The average Bonchev–Trinajstić information content (AvgIpc) is 2.75. The molecule has 11 heteroatoms. The van der Waals surface area contributed by atoms with Crippen LogP contribution in [0.4, 0.5) is 0 Å². The summed E-state index contributed by atoms with van der Waals surface area (Å²) in [6.45, 7) is -0.668. The van der Waals surface area contributed by atoms with Crippen LogP contribution in [0.2, 0.25) is 0 Å². The minimum absolute atomic E-state index is 0.0975. The number of phenols is 3. The van der Waals surface area contributed by atoms with E-state index in [2.05, 4.69) is 0 Å². The first-order valence-corrected chi connectivity index (χ1v) is 9.50. The number of rotatable bonds is 4. The van der Waals surface area contributed by atoms with Crippen LogP contribution in [0.15, 0.2) is 45.6 Å². The highest BCUT2D eigenvalue weighted by Gasteiger charge is 2.45. The van der Waals surface area contributed by atoms with Gasteiger partial charge in [-0.05, 0) is 17.7 Å². The molecule has 1 aliphatic rings. The van der Waals surface area contributed by atoms with Crippen molar-refractivity contribution in [3.8, 4) is 34.1 Å². The Morgan fingerprint density at radius 3 is 2.34 bits per heavy atom. The Balaban J connectivity index is 1.86. The first kappa shape index (κ1) is 21.9. The molecule has 0 unspecified atom stereocenters. The monoisotopic (exact) mass is 448 g/mol. The van der Waals surface area contributed by atoms with Gasteiger partial charge < -0.3 is 49.6 Å². The van der Waals surface area contributed by atoms with Crippen molar-refractivity contribution >= 4 is 11.0 Å². The van der Waals surface area contributed by atoms with E-state index in [9.17, 15) is 40.5 Å². The fraction of sp³-hybridized carbons (Fsp3) is 0.286. The van der Waals surface area contributed by atoms with Crippen molar-refractivity contribution in [2.24, 2.45) is 0 Å². The lowest BCUT2D eigenvalue weighted by molar-refractivity contribution is -0.277. The molecule has 0 saturated carbocycles. The van der Waals surface area contributed by atoms with Crippen molar-refractivity contribution in [2.75, 3.05) is 6.61 Å². The van der Waals surface area contributed by atoms with Crippen molar-refractivity contribution in [1.29, 1.82) is 0 Å². The number of fused-ring (bicyclic) bond motifs is 1. The van der Waals surface area contributed by atoms with Crippen LogP contribution in [0.1, 0.15) is 0 Å². The quantitative estimate of drug-likeness (QED) is 0.206. The number of aliphatic hydroxyl groups excluding tert-OH is 4. The average molecular weight is 448 g/mol. The summed E-state index contributed by atoms with van der Waals surface area (Å²) >= 11 is 0. The zero-order chi connectivity index (χ0) is 23.2. The Hall–Kier alpha value is -3.35. The van der Waals surface area contributed by atoms with Crippen LogP contribution in [0.3, 0.4) is 0 Å². The predicted molar refractivity (Wildman–Crippen MR) is 107 cm³/mol. The molecule has 170 valence electrons. The molecule has 1 fully saturated rings. The van der Waals surface area contributed by atoms with E-state index in [0.717, 1.165) is 18.2 Å². The molecular weight excluding hydrogens is 428 g/mol. The van der Waals surface area contributed by atoms with Crippen LogP contribution in [-0.4, -0.2) is 73.1 Å². The fourth-order valence-corrected chi connectivity index (χ4v) is 3.55. The van der Waals surface area contributed by atoms with E-state index in [4.69, 9.17) is 13.9 Å². The van der Waals surface area contributed by atoms with Crippen LogP contribution in [0.5, 0.6) is 23.0 Å². The minimum atomic E-state index is -1.72.